The molecule has 168 valence electrons. The minimum Gasteiger partial charge on any atom is -0.444 e. The number of carbonyl (C=O) groups excluding carboxylic acids is 3. The van der Waals surface area contributed by atoms with Crippen LogP contribution in [0, 0.1) is 18.3 Å². The summed E-state index contributed by atoms with van der Waals surface area (Å²) in [6.45, 7) is 9.67. The van der Waals surface area contributed by atoms with Gasteiger partial charge in [-0.2, -0.15) is 0 Å². The van der Waals surface area contributed by atoms with Crippen molar-refractivity contribution in [3.8, 4) is 12.3 Å². The van der Waals surface area contributed by atoms with Crippen LogP contribution >= 0.6 is 0 Å². The summed E-state index contributed by atoms with van der Waals surface area (Å²) in [6, 6.07) is 0. The van der Waals surface area contributed by atoms with E-state index in [0.29, 0.717) is 39.0 Å². The number of terminal acetylenes is 1. The van der Waals surface area contributed by atoms with Crippen molar-refractivity contribution in [2.24, 2.45) is 5.92 Å². The molecule has 2 aliphatic rings. The van der Waals surface area contributed by atoms with E-state index in [1.54, 1.807) is 4.90 Å². The van der Waals surface area contributed by atoms with Gasteiger partial charge in [0.15, 0.2) is 0 Å². The van der Waals surface area contributed by atoms with Crippen LogP contribution in [-0.4, -0.2) is 65.0 Å². The van der Waals surface area contributed by atoms with E-state index >= 15 is 0 Å². The molecule has 1 N–H and O–H groups in total. The van der Waals surface area contributed by atoms with Crippen LogP contribution in [-0.2, 0) is 14.3 Å². The number of rotatable bonds is 6. The maximum atomic E-state index is 13.7. The minimum atomic E-state index is -1.04. The summed E-state index contributed by atoms with van der Waals surface area (Å²) in [4.78, 5) is 41.7. The molecule has 2 atom stereocenters. The summed E-state index contributed by atoms with van der Waals surface area (Å²) >= 11 is 0. The van der Waals surface area contributed by atoms with Gasteiger partial charge in [-0.25, -0.2) is 4.79 Å². The van der Waals surface area contributed by atoms with E-state index in [2.05, 4.69) is 11.2 Å². The van der Waals surface area contributed by atoms with Crippen molar-refractivity contribution in [2.45, 2.75) is 83.8 Å². The highest BCUT2D eigenvalue weighted by atomic mass is 16.6. The molecule has 0 radical (unpaired) electrons. The van der Waals surface area contributed by atoms with Crippen molar-refractivity contribution in [3.05, 3.63) is 0 Å². The molecule has 2 aliphatic heterocycles. The van der Waals surface area contributed by atoms with E-state index in [9.17, 15) is 14.4 Å². The molecule has 2 heterocycles. The molecule has 0 bridgehead atoms. The van der Waals surface area contributed by atoms with Gasteiger partial charge in [-0.3, -0.25) is 14.5 Å². The molecule has 2 rings (SSSR count). The Morgan fingerprint density at radius 3 is 2.60 bits per heavy atom. The second-order valence-corrected chi connectivity index (χ2v) is 9.46. The summed E-state index contributed by atoms with van der Waals surface area (Å²) in [6.07, 6.45) is 9.78. The lowest BCUT2D eigenvalue weighted by Gasteiger charge is -2.42. The second kappa shape index (κ2) is 10.2. The molecule has 7 heteroatoms. The first-order valence-corrected chi connectivity index (χ1v) is 11.1. The van der Waals surface area contributed by atoms with Gasteiger partial charge in [-0.05, 0) is 58.8 Å². The van der Waals surface area contributed by atoms with Crippen molar-refractivity contribution in [1.82, 2.24) is 15.1 Å². The van der Waals surface area contributed by atoms with Gasteiger partial charge in [0.25, 0.3) is 0 Å². The van der Waals surface area contributed by atoms with Gasteiger partial charge in [0, 0.05) is 39.0 Å². The Kier molecular flexibility index (Phi) is 8.17. The Balaban J connectivity index is 2.12. The minimum absolute atomic E-state index is 0.0524. The summed E-state index contributed by atoms with van der Waals surface area (Å²) in [5, 5.41) is 2.98. The Bertz CT molecular complexity index is 679. The Morgan fingerprint density at radius 2 is 1.97 bits per heavy atom. The van der Waals surface area contributed by atoms with Crippen LogP contribution in [0.3, 0.4) is 0 Å². The number of nitrogens with zero attached hydrogens (tertiary/aromatic N) is 2. The van der Waals surface area contributed by atoms with Crippen molar-refractivity contribution in [2.75, 3.05) is 26.2 Å². The zero-order valence-corrected chi connectivity index (χ0v) is 19.0. The van der Waals surface area contributed by atoms with Crippen LogP contribution in [0.1, 0.15) is 72.6 Å². The first-order valence-electron chi connectivity index (χ1n) is 11.1. The average molecular weight is 420 g/mol. The Hall–Kier alpha value is -2.23. The van der Waals surface area contributed by atoms with Gasteiger partial charge in [0.2, 0.25) is 11.8 Å². The predicted octanol–water partition coefficient (Wildman–Crippen LogP) is 2.93. The number of hydrogen-bond acceptors (Lipinski definition) is 4. The van der Waals surface area contributed by atoms with Gasteiger partial charge in [-0.1, -0.05) is 6.92 Å². The van der Waals surface area contributed by atoms with Crippen molar-refractivity contribution in [3.63, 3.8) is 0 Å². The standard InChI is InChI=1S/C23H37N3O4/c1-6-10-19(27)24-16-18-11-8-14-25(17-18)20(28)23(12-7-2)13-9-15-26(23)21(29)30-22(3,4)5/h2,18H,6,8-17H2,1,3-5H3,(H,24,27)/t18-,23-/m1/s1. The van der Waals surface area contributed by atoms with E-state index in [1.165, 1.54) is 0 Å². The Morgan fingerprint density at radius 1 is 1.23 bits per heavy atom. The summed E-state index contributed by atoms with van der Waals surface area (Å²) < 4.78 is 5.57. The quantitative estimate of drug-likeness (QED) is 0.672. The molecule has 2 saturated heterocycles. The van der Waals surface area contributed by atoms with Crippen LogP contribution in [0.2, 0.25) is 0 Å². The first kappa shape index (κ1) is 24.0. The van der Waals surface area contributed by atoms with Crippen molar-refractivity contribution >= 4 is 17.9 Å². The first-order chi connectivity index (χ1) is 14.1. The molecule has 7 nitrogen and oxygen atoms in total. The molecule has 3 amide bonds. The number of carbonyl (C=O) groups is 3. The van der Waals surface area contributed by atoms with Gasteiger partial charge < -0.3 is 15.0 Å². The maximum absolute atomic E-state index is 13.7. The number of amides is 3. The predicted molar refractivity (Wildman–Crippen MR) is 116 cm³/mol. The molecular formula is C23H37N3O4. The molecule has 0 aliphatic carbocycles. The number of likely N-dealkylation sites (tertiary alicyclic amines) is 2. The molecule has 0 saturated carbocycles. The highest BCUT2D eigenvalue weighted by molar-refractivity contribution is 5.91. The molecule has 0 aromatic carbocycles. The highest BCUT2D eigenvalue weighted by Gasteiger charge is 2.52. The van der Waals surface area contributed by atoms with Gasteiger partial charge >= 0.3 is 6.09 Å². The van der Waals surface area contributed by atoms with Crippen LogP contribution in [0.5, 0.6) is 0 Å². The summed E-state index contributed by atoms with van der Waals surface area (Å²) in [5.41, 5.74) is -1.68. The van der Waals surface area contributed by atoms with E-state index in [0.717, 1.165) is 25.7 Å². The normalized spacial score (nSPS) is 24.3. The molecular weight excluding hydrogens is 382 g/mol. The highest BCUT2D eigenvalue weighted by Crippen LogP contribution is 2.36. The van der Waals surface area contributed by atoms with Gasteiger partial charge in [0.1, 0.15) is 11.1 Å². The number of ether oxygens (including phenoxy) is 1. The van der Waals surface area contributed by atoms with E-state index in [1.807, 2.05) is 32.6 Å². The van der Waals surface area contributed by atoms with Gasteiger partial charge in [-0.15, -0.1) is 12.3 Å². The fourth-order valence-corrected chi connectivity index (χ4v) is 4.40. The zero-order valence-electron chi connectivity index (χ0n) is 19.0. The summed E-state index contributed by atoms with van der Waals surface area (Å²) in [7, 11) is 0. The number of piperidine rings is 1. The number of nitrogens with one attached hydrogen (secondary N) is 1. The lowest BCUT2D eigenvalue weighted by molar-refractivity contribution is -0.144. The zero-order chi connectivity index (χ0) is 22.4. The van der Waals surface area contributed by atoms with Crippen LogP contribution < -0.4 is 5.32 Å². The molecule has 2 fully saturated rings. The van der Waals surface area contributed by atoms with E-state index < -0.39 is 17.2 Å². The fraction of sp³-hybridized carbons (Fsp3) is 0.783. The molecule has 0 aromatic heterocycles. The smallest absolute Gasteiger partial charge is 0.411 e. The van der Waals surface area contributed by atoms with E-state index in [-0.39, 0.29) is 24.2 Å². The third-order valence-corrected chi connectivity index (χ3v) is 5.77. The lowest BCUT2D eigenvalue weighted by Crippen LogP contribution is -2.60. The average Bonchev–Trinajstić information content (AvgIpc) is 3.10. The maximum Gasteiger partial charge on any atom is 0.411 e. The van der Waals surface area contributed by atoms with Crippen LogP contribution in [0.4, 0.5) is 4.79 Å². The molecule has 0 spiro atoms. The van der Waals surface area contributed by atoms with E-state index in [4.69, 9.17) is 11.2 Å². The van der Waals surface area contributed by atoms with Crippen LogP contribution in [0.25, 0.3) is 0 Å². The van der Waals surface area contributed by atoms with Crippen molar-refractivity contribution < 1.29 is 19.1 Å². The second-order valence-electron chi connectivity index (χ2n) is 9.46. The monoisotopic (exact) mass is 419 g/mol. The van der Waals surface area contributed by atoms with Gasteiger partial charge in [0.05, 0.1) is 0 Å². The summed E-state index contributed by atoms with van der Waals surface area (Å²) in [5.74, 6) is 2.80. The third kappa shape index (κ3) is 5.90. The SMILES string of the molecule is C#CC[C@]1(C(=O)N2CCC[C@H](CNC(=O)CCC)C2)CCCN1C(=O)OC(C)(C)C. The van der Waals surface area contributed by atoms with Crippen LogP contribution in [0.15, 0.2) is 0 Å². The molecule has 30 heavy (non-hydrogen) atoms. The largest absolute Gasteiger partial charge is 0.444 e. The Labute approximate surface area is 180 Å². The molecule has 0 aromatic rings. The fourth-order valence-electron chi connectivity index (χ4n) is 4.40. The van der Waals surface area contributed by atoms with Crippen molar-refractivity contribution in [1.29, 1.82) is 0 Å². The number of hydrogen-bond donors (Lipinski definition) is 1. The third-order valence-electron chi connectivity index (χ3n) is 5.77. The molecule has 0 unspecified atom stereocenters. The topological polar surface area (TPSA) is 79.0 Å². The lowest BCUT2D eigenvalue weighted by atomic mass is 9.88.